The minimum absolute atomic E-state index is 0.348. The molecule has 0 bridgehead atoms. The third-order valence-corrected chi connectivity index (χ3v) is 4.85. The lowest BCUT2D eigenvalue weighted by molar-refractivity contribution is -0.148. The van der Waals surface area contributed by atoms with Crippen molar-refractivity contribution in [3.63, 3.8) is 0 Å². The quantitative estimate of drug-likeness (QED) is 0.846. The van der Waals surface area contributed by atoms with Crippen LogP contribution in [-0.2, 0) is 9.59 Å². The Hall–Kier alpha value is -2.08. The van der Waals surface area contributed by atoms with Crippen molar-refractivity contribution in [3.8, 4) is 5.75 Å². The molecule has 6 heteroatoms. The molecule has 2 heterocycles. The highest BCUT2D eigenvalue weighted by Gasteiger charge is 2.49. The monoisotopic (exact) mass is 331 g/mol. The minimum Gasteiger partial charge on any atom is -0.466 e. The van der Waals surface area contributed by atoms with Gasteiger partial charge in [0.15, 0.2) is 0 Å². The summed E-state index contributed by atoms with van der Waals surface area (Å²) in [4.78, 5) is 29.2. The Balaban J connectivity index is 1.70. The first-order valence-corrected chi connectivity index (χ1v) is 8.50. The van der Waals surface area contributed by atoms with E-state index in [0.29, 0.717) is 18.0 Å². The van der Waals surface area contributed by atoms with E-state index in [1.807, 2.05) is 25.1 Å². The van der Waals surface area contributed by atoms with Crippen LogP contribution in [0.25, 0.3) is 0 Å². The summed E-state index contributed by atoms with van der Waals surface area (Å²) in [7, 11) is 1.68. The average Bonchev–Trinajstić information content (AvgIpc) is 3.07. The standard InChI is InChI=1S/C18H25N3O3/c1-13-6-7-15-14(12-13)20(3)17(23)18(2,24-15)16(22)19-8-11-21-9-4-5-10-21/h6-7,12H,4-5,8-11H2,1-3H3,(H,19,22). The van der Waals surface area contributed by atoms with Crippen molar-refractivity contribution in [1.29, 1.82) is 0 Å². The van der Waals surface area contributed by atoms with Crippen LogP contribution in [0, 0.1) is 6.92 Å². The molecule has 2 aliphatic heterocycles. The zero-order valence-electron chi connectivity index (χ0n) is 14.6. The maximum absolute atomic E-state index is 12.7. The SMILES string of the molecule is Cc1ccc2c(c1)N(C)C(=O)C(C)(C(=O)NCCN1CCCC1)O2. The van der Waals surface area contributed by atoms with E-state index in [4.69, 9.17) is 4.74 Å². The normalized spacial score (nSPS) is 23.8. The van der Waals surface area contributed by atoms with Crippen LogP contribution in [0.4, 0.5) is 5.69 Å². The molecular formula is C18H25N3O3. The summed E-state index contributed by atoms with van der Waals surface area (Å²) in [6, 6.07) is 5.61. The lowest BCUT2D eigenvalue weighted by Gasteiger charge is -2.38. The molecule has 0 radical (unpaired) electrons. The Kier molecular flexibility index (Phi) is 4.49. The Morgan fingerprint density at radius 3 is 2.75 bits per heavy atom. The van der Waals surface area contributed by atoms with Crippen molar-refractivity contribution >= 4 is 17.5 Å². The Bertz CT molecular complexity index is 655. The number of rotatable bonds is 4. The molecule has 0 spiro atoms. The summed E-state index contributed by atoms with van der Waals surface area (Å²) in [5.74, 6) is -0.177. The number of nitrogens with one attached hydrogen (secondary N) is 1. The van der Waals surface area contributed by atoms with Gasteiger partial charge in [-0.2, -0.15) is 0 Å². The number of carbonyl (C=O) groups excluding carboxylic acids is 2. The van der Waals surface area contributed by atoms with Gasteiger partial charge in [-0.1, -0.05) is 6.07 Å². The van der Waals surface area contributed by atoms with E-state index in [9.17, 15) is 9.59 Å². The van der Waals surface area contributed by atoms with Crippen LogP contribution < -0.4 is 15.0 Å². The third kappa shape index (κ3) is 2.98. The number of fused-ring (bicyclic) bond motifs is 1. The molecule has 1 fully saturated rings. The summed E-state index contributed by atoms with van der Waals surface area (Å²) in [5, 5.41) is 2.86. The van der Waals surface area contributed by atoms with Gasteiger partial charge in [-0.15, -0.1) is 0 Å². The molecule has 0 aromatic heterocycles. The van der Waals surface area contributed by atoms with E-state index in [0.717, 1.165) is 25.2 Å². The fraction of sp³-hybridized carbons (Fsp3) is 0.556. The van der Waals surface area contributed by atoms with Gasteiger partial charge in [0.05, 0.1) is 5.69 Å². The number of aryl methyl sites for hydroxylation is 1. The summed E-state index contributed by atoms with van der Waals surface area (Å²) in [6.45, 7) is 6.99. The maximum Gasteiger partial charge on any atom is 0.280 e. The van der Waals surface area contributed by atoms with E-state index >= 15 is 0 Å². The molecule has 6 nitrogen and oxygen atoms in total. The first-order chi connectivity index (χ1) is 11.4. The highest BCUT2D eigenvalue weighted by Crippen LogP contribution is 2.37. The highest BCUT2D eigenvalue weighted by molar-refractivity contribution is 6.16. The van der Waals surface area contributed by atoms with Crippen LogP contribution in [0.1, 0.15) is 25.3 Å². The van der Waals surface area contributed by atoms with Gasteiger partial charge < -0.3 is 19.9 Å². The van der Waals surface area contributed by atoms with Crippen LogP contribution in [-0.4, -0.2) is 55.5 Å². The first kappa shape index (κ1) is 16.8. The third-order valence-electron chi connectivity index (χ3n) is 4.85. The lowest BCUT2D eigenvalue weighted by Crippen LogP contribution is -2.61. The summed E-state index contributed by atoms with van der Waals surface area (Å²) in [6.07, 6.45) is 2.43. The van der Waals surface area contributed by atoms with Crippen molar-refractivity contribution in [2.75, 3.05) is 38.1 Å². The maximum atomic E-state index is 12.7. The van der Waals surface area contributed by atoms with Crippen molar-refractivity contribution in [1.82, 2.24) is 10.2 Å². The second-order valence-electron chi connectivity index (χ2n) is 6.78. The van der Waals surface area contributed by atoms with E-state index in [2.05, 4.69) is 10.2 Å². The number of amides is 2. The van der Waals surface area contributed by atoms with Crippen LogP contribution in [0.2, 0.25) is 0 Å². The van der Waals surface area contributed by atoms with Gasteiger partial charge in [0.2, 0.25) is 0 Å². The summed E-state index contributed by atoms with van der Waals surface area (Å²) >= 11 is 0. The molecule has 1 unspecified atom stereocenters. The number of anilines is 1. The molecule has 2 amide bonds. The van der Waals surface area contributed by atoms with Crippen molar-refractivity contribution in [2.24, 2.45) is 0 Å². The number of carbonyl (C=O) groups is 2. The summed E-state index contributed by atoms with van der Waals surface area (Å²) in [5.41, 5.74) is 0.208. The number of benzene rings is 1. The Morgan fingerprint density at radius 1 is 1.33 bits per heavy atom. The van der Waals surface area contributed by atoms with Crippen LogP contribution in [0.3, 0.4) is 0 Å². The molecule has 1 saturated heterocycles. The molecule has 1 aromatic rings. The van der Waals surface area contributed by atoms with E-state index < -0.39 is 5.60 Å². The zero-order chi connectivity index (χ0) is 17.3. The van der Waals surface area contributed by atoms with Gasteiger partial charge in [0.25, 0.3) is 17.4 Å². The number of nitrogens with zero attached hydrogens (tertiary/aromatic N) is 2. The van der Waals surface area contributed by atoms with Crippen LogP contribution >= 0.6 is 0 Å². The topological polar surface area (TPSA) is 61.9 Å². The van der Waals surface area contributed by atoms with Gasteiger partial charge in [0.1, 0.15) is 5.75 Å². The number of likely N-dealkylation sites (tertiary alicyclic amines) is 1. The molecule has 0 aliphatic carbocycles. The fourth-order valence-corrected chi connectivity index (χ4v) is 3.31. The molecule has 3 rings (SSSR count). The van der Waals surface area contributed by atoms with E-state index in [1.165, 1.54) is 17.7 Å². The number of likely N-dealkylation sites (N-methyl/N-ethyl adjacent to an activating group) is 1. The van der Waals surface area contributed by atoms with Gasteiger partial charge in [-0.05, 0) is 57.5 Å². The first-order valence-electron chi connectivity index (χ1n) is 8.50. The van der Waals surface area contributed by atoms with Crippen molar-refractivity contribution < 1.29 is 14.3 Å². The average molecular weight is 331 g/mol. The van der Waals surface area contributed by atoms with Gasteiger partial charge in [-0.3, -0.25) is 9.59 Å². The zero-order valence-corrected chi connectivity index (χ0v) is 14.6. The van der Waals surface area contributed by atoms with Crippen molar-refractivity contribution in [2.45, 2.75) is 32.3 Å². The molecule has 24 heavy (non-hydrogen) atoms. The Labute approximate surface area is 142 Å². The summed E-state index contributed by atoms with van der Waals surface area (Å²) < 4.78 is 5.82. The van der Waals surface area contributed by atoms with E-state index in [1.54, 1.807) is 14.0 Å². The lowest BCUT2D eigenvalue weighted by atomic mass is 10.00. The molecule has 1 atom stereocenters. The molecule has 0 saturated carbocycles. The predicted octanol–water partition coefficient (Wildman–Crippen LogP) is 1.32. The van der Waals surface area contributed by atoms with E-state index in [-0.39, 0.29) is 11.8 Å². The van der Waals surface area contributed by atoms with Gasteiger partial charge in [-0.25, -0.2) is 0 Å². The number of hydrogen-bond acceptors (Lipinski definition) is 4. The number of hydrogen-bond donors (Lipinski definition) is 1. The molecule has 1 N–H and O–H groups in total. The molecule has 130 valence electrons. The predicted molar refractivity (Wildman–Crippen MR) is 92.3 cm³/mol. The molecule has 1 aromatic carbocycles. The smallest absolute Gasteiger partial charge is 0.280 e. The molecular weight excluding hydrogens is 306 g/mol. The molecule has 2 aliphatic rings. The fourth-order valence-electron chi connectivity index (χ4n) is 3.31. The Morgan fingerprint density at radius 2 is 2.04 bits per heavy atom. The second-order valence-corrected chi connectivity index (χ2v) is 6.78. The van der Waals surface area contributed by atoms with Crippen LogP contribution in [0.15, 0.2) is 18.2 Å². The van der Waals surface area contributed by atoms with Crippen molar-refractivity contribution in [3.05, 3.63) is 23.8 Å². The van der Waals surface area contributed by atoms with Gasteiger partial charge >= 0.3 is 0 Å². The minimum atomic E-state index is -1.53. The highest BCUT2D eigenvalue weighted by atomic mass is 16.5. The number of ether oxygens (including phenoxy) is 1. The second kappa shape index (κ2) is 6.43. The van der Waals surface area contributed by atoms with Crippen LogP contribution in [0.5, 0.6) is 5.75 Å². The largest absolute Gasteiger partial charge is 0.466 e. The van der Waals surface area contributed by atoms with Gasteiger partial charge in [0, 0.05) is 20.1 Å².